The van der Waals surface area contributed by atoms with Crippen LogP contribution < -0.4 is 0 Å². The van der Waals surface area contributed by atoms with Gasteiger partial charge in [-0.15, -0.1) is 0 Å². The average molecular weight is 216 g/mol. The summed E-state index contributed by atoms with van der Waals surface area (Å²) >= 11 is 0. The van der Waals surface area contributed by atoms with Crippen LogP contribution >= 0.6 is 0 Å². The fraction of sp³-hybridized carbons (Fsp3) is 0.600. The molecule has 0 aromatic heterocycles. The van der Waals surface area contributed by atoms with E-state index in [1.807, 2.05) is 0 Å². The van der Waals surface area contributed by atoms with Crippen molar-refractivity contribution >= 4 is 0 Å². The Morgan fingerprint density at radius 2 is 1.75 bits per heavy atom. The van der Waals surface area contributed by atoms with E-state index in [4.69, 9.17) is 1.37 Å². The minimum atomic E-state index is -0.322. The molecule has 1 nitrogen and oxygen atoms in total. The van der Waals surface area contributed by atoms with E-state index in [0.717, 1.165) is 19.5 Å². The van der Waals surface area contributed by atoms with Gasteiger partial charge < -0.3 is 0 Å². The molecule has 86 valence electrons. The SMILES string of the molecule is [2H][C@]1(N2CCCC2)CCC[C@H]1c1ccccc1. The highest BCUT2D eigenvalue weighted by atomic mass is 15.2. The molecular formula is C15H21N. The second-order valence-electron chi connectivity index (χ2n) is 5.04. The summed E-state index contributed by atoms with van der Waals surface area (Å²) in [5, 5.41) is 0. The van der Waals surface area contributed by atoms with E-state index < -0.39 is 0 Å². The third-order valence-electron chi connectivity index (χ3n) is 4.04. The number of likely N-dealkylation sites (tertiary alicyclic amines) is 1. The number of nitrogens with zero attached hydrogens (tertiary/aromatic N) is 1. The molecule has 1 saturated heterocycles. The Balaban J connectivity index is 1.88. The van der Waals surface area contributed by atoms with Crippen molar-refractivity contribution in [3.05, 3.63) is 35.9 Å². The van der Waals surface area contributed by atoms with Crippen molar-refractivity contribution in [2.45, 2.75) is 44.0 Å². The van der Waals surface area contributed by atoms with Crippen molar-refractivity contribution in [1.29, 1.82) is 0 Å². The second kappa shape index (κ2) is 4.58. The van der Waals surface area contributed by atoms with Gasteiger partial charge in [0.2, 0.25) is 0 Å². The van der Waals surface area contributed by atoms with Crippen LogP contribution in [-0.2, 0) is 0 Å². The summed E-state index contributed by atoms with van der Waals surface area (Å²) < 4.78 is 8.90. The summed E-state index contributed by atoms with van der Waals surface area (Å²) in [6, 6.07) is 10.4. The number of benzene rings is 1. The summed E-state index contributed by atoms with van der Waals surface area (Å²) in [5.41, 5.74) is 1.37. The maximum atomic E-state index is 8.90. The van der Waals surface area contributed by atoms with Crippen LogP contribution in [0.1, 0.15) is 45.0 Å². The van der Waals surface area contributed by atoms with Crippen LogP contribution in [0.25, 0.3) is 0 Å². The molecule has 0 unspecified atom stereocenters. The Kier molecular flexibility index (Phi) is 2.65. The quantitative estimate of drug-likeness (QED) is 0.732. The Morgan fingerprint density at radius 1 is 1.00 bits per heavy atom. The third-order valence-corrected chi connectivity index (χ3v) is 4.04. The first-order valence-corrected chi connectivity index (χ1v) is 6.61. The molecule has 3 rings (SSSR count). The lowest BCUT2D eigenvalue weighted by atomic mass is 9.93. The predicted octanol–water partition coefficient (Wildman–Crippen LogP) is 3.42. The second-order valence-corrected chi connectivity index (χ2v) is 5.04. The third kappa shape index (κ3) is 1.89. The minimum absolute atomic E-state index is 0.322. The smallest absolute Gasteiger partial charge is 0.0474 e. The zero-order valence-corrected chi connectivity index (χ0v) is 9.86. The summed E-state index contributed by atoms with van der Waals surface area (Å²) in [5.74, 6) is 0.418. The fourth-order valence-electron chi connectivity index (χ4n) is 3.26. The van der Waals surface area contributed by atoms with Crippen LogP contribution in [0.15, 0.2) is 30.3 Å². The molecule has 1 aromatic carbocycles. The van der Waals surface area contributed by atoms with Gasteiger partial charge in [0.05, 0.1) is 0 Å². The Morgan fingerprint density at radius 3 is 2.50 bits per heavy atom. The molecule has 1 aliphatic carbocycles. The van der Waals surface area contributed by atoms with Gasteiger partial charge in [0.1, 0.15) is 0 Å². The highest BCUT2D eigenvalue weighted by Crippen LogP contribution is 2.38. The van der Waals surface area contributed by atoms with Gasteiger partial charge in [0.25, 0.3) is 0 Å². The molecule has 16 heavy (non-hydrogen) atoms. The summed E-state index contributed by atoms with van der Waals surface area (Å²) in [6.07, 6.45) is 6.00. The van der Waals surface area contributed by atoms with Crippen molar-refractivity contribution in [2.75, 3.05) is 13.1 Å². The lowest BCUT2D eigenvalue weighted by Crippen LogP contribution is -2.34. The molecule has 0 radical (unpaired) electrons. The fourth-order valence-corrected chi connectivity index (χ4v) is 3.26. The molecule has 0 spiro atoms. The van der Waals surface area contributed by atoms with Gasteiger partial charge >= 0.3 is 0 Å². The van der Waals surface area contributed by atoms with Crippen molar-refractivity contribution < 1.29 is 1.37 Å². The normalized spacial score (nSPS) is 36.5. The van der Waals surface area contributed by atoms with Gasteiger partial charge in [-0.2, -0.15) is 0 Å². The van der Waals surface area contributed by atoms with E-state index in [9.17, 15) is 0 Å². The Labute approximate surface area is 99.9 Å². The number of rotatable bonds is 2. The molecule has 1 aliphatic heterocycles. The standard InChI is InChI=1S/C15H21N/c1-2-7-13(8-3-1)14-9-6-10-15(14)16-11-4-5-12-16/h1-3,7-8,14-15H,4-6,9-12H2/t14-,15-/m0/s1/i15D. The van der Waals surface area contributed by atoms with Crippen LogP contribution in [0, 0.1) is 0 Å². The largest absolute Gasteiger partial charge is 0.300 e. The molecule has 0 amide bonds. The summed E-state index contributed by atoms with van der Waals surface area (Å²) in [4.78, 5) is 2.43. The van der Waals surface area contributed by atoms with Crippen molar-refractivity contribution in [3.8, 4) is 0 Å². The average Bonchev–Trinajstić information content (AvgIpc) is 2.99. The lowest BCUT2D eigenvalue weighted by molar-refractivity contribution is 0.228. The summed E-state index contributed by atoms with van der Waals surface area (Å²) in [7, 11) is 0. The topological polar surface area (TPSA) is 3.24 Å². The van der Waals surface area contributed by atoms with Gasteiger partial charge in [-0.3, -0.25) is 4.90 Å². The number of hydrogen-bond acceptors (Lipinski definition) is 1. The van der Waals surface area contributed by atoms with Crippen LogP contribution in [0.3, 0.4) is 0 Å². The Hall–Kier alpha value is -0.820. The minimum Gasteiger partial charge on any atom is -0.300 e. The molecule has 1 heteroatoms. The zero-order valence-electron chi connectivity index (χ0n) is 10.9. The van der Waals surface area contributed by atoms with E-state index in [1.54, 1.807) is 0 Å². The molecule has 2 atom stereocenters. The highest BCUT2D eigenvalue weighted by Gasteiger charge is 2.33. The summed E-state index contributed by atoms with van der Waals surface area (Å²) in [6.45, 7) is 2.26. The predicted molar refractivity (Wildman–Crippen MR) is 67.6 cm³/mol. The molecular weight excluding hydrogens is 194 g/mol. The molecule has 1 heterocycles. The van der Waals surface area contributed by atoms with E-state index >= 15 is 0 Å². The lowest BCUT2D eigenvalue weighted by Gasteiger charge is -2.29. The van der Waals surface area contributed by atoms with Gasteiger partial charge in [0.15, 0.2) is 0 Å². The van der Waals surface area contributed by atoms with Crippen molar-refractivity contribution in [3.63, 3.8) is 0 Å². The monoisotopic (exact) mass is 216 g/mol. The molecule has 1 saturated carbocycles. The van der Waals surface area contributed by atoms with E-state index in [1.165, 1.54) is 31.2 Å². The van der Waals surface area contributed by atoms with Crippen LogP contribution in [0.2, 0.25) is 0 Å². The van der Waals surface area contributed by atoms with Crippen molar-refractivity contribution in [1.82, 2.24) is 4.90 Å². The van der Waals surface area contributed by atoms with E-state index in [2.05, 4.69) is 35.2 Å². The zero-order chi connectivity index (χ0) is 11.7. The number of hydrogen-bond donors (Lipinski definition) is 0. The van der Waals surface area contributed by atoms with Gasteiger partial charge in [-0.05, 0) is 50.3 Å². The van der Waals surface area contributed by atoms with E-state index in [0.29, 0.717) is 5.92 Å². The first-order valence-electron chi connectivity index (χ1n) is 7.11. The molecule has 2 fully saturated rings. The van der Waals surface area contributed by atoms with Gasteiger partial charge in [-0.25, -0.2) is 0 Å². The highest BCUT2D eigenvalue weighted by molar-refractivity contribution is 5.22. The van der Waals surface area contributed by atoms with Gasteiger partial charge in [0, 0.05) is 7.39 Å². The molecule has 0 bridgehead atoms. The van der Waals surface area contributed by atoms with Gasteiger partial charge in [-0.1, -0.05) is 36.8 Å². The first kappa shape index (κ1) is 9.23. The maximum absolute atomic E-state index is 8.90. The van der Waals surface area contributed by atoms with E-state index in [-0.39, 0.29) is 6.02 Å². The first-order chi connectivity index (χ1) is 8.31. The van der Waals surface area contributed by atoms with Crippen molar-refractivity contribution in [2.24, 2.45) is 0 Å². The molecule has 1 aromatic rings. The van der Waals surface area contributed by atoms with Crippen LogP contribution in [0.5, 0.6) is 0 Å². The van der Waals surface area contributed by atoms with Crippen LogP contribution in [0.4, 0.5) is 0 Å². The maximum Gasteiger partial charge on any atom is 0.0474 e. The molecule has 2 aliphatic rings. The molecule has 0 N–H and O–H groups in total. The Bertz CT molecular complexity index is 372. The van der Waals surface area contributed by atoms with Crippen LogP contribution in [-0.4, -0.2) is 24.0 Å².